The lowest BCUT2D eigenvalue weighted by molar-refractivity contribution is 0.667. The van der Waals surface area contributed by atoms with Crippen molar-refractivity contribution < 1.29 is 0 Å². The van der Waals surface area contributed by atoms with Gasteiger partial charge < -0.3 is 5.32 Å². The maximum Gasteiger partial charge on any atom is 0.0573 e. The van der Waals surface area contributed by atoms with Gasteiger partial charge >= 0.3 is 0 Å². The summed E-state index contributed by atoms with van der Waals surface area (Å²) in [6, 6.07) is 4.14. The van der Waals surface area contributed by atoms with Crippen LogP contribution in [-0.4, -0.2) is 11.5 Å². The van der Waals surface area contributed by atoms with Crippen LogP contribution in [0.2, 0.25) is 0 Å². The van der Waals surface area contributed by atoms with E-state index in [9.17, 15) is 0 Å². The minimum absolute atomic E-state index is 0.858. The summed E-state index contributed by atoms with van der Waals surface area (Å²) in [4.78, 5) is 4.38. The molecule has 1 aromatic rings. The highest BCUT2D eigenvalue weighted by Gasteiger charge is 1.99. The van der Waals surface area contributed by atoms with E-state index in [2.05, 4.69) is 36.8 Å². The zero-order valence-corrected chi connectivity index (χ0v) is 9.71. The molecule has 2 heteroatoms. The molecule has 0 fully saturated rings. The van der Waals surface area contributed by atoms with E-state index in [-0.39, 0.29) is 0 Å². The van der Waals surface area contributed by atoms with Crippen molar-refractivity contribution in [2.45, 2.75) is 33.2 Å². The van der Waals surface area contributed by atoms with Crippen LogP contribution in [0.15, 0.2) is 30.5 Å². The van der Waals surface area contributed by atoms with E-state index in [1.54, 1.807) is 0 Å². The van der Waals surface area contributed by atoms with Crippen molar-refractivity contribution >= 4 is 0 Å². The van der Waals surface area contributed by atoms with Gasteiger partial charge in [0.1, 0.15) is 0 Å². The Bertz CT molecular complexity index is 318. The van der Waals surface area contributed by atoms with Gasteiger partial charge in [-0.15, -0.1) is 6.58 Å². The standard InChI is InChI=1S/C13H20N2/c1-4-12-6-5-8-15-13(12)10-14-9-7-11(2)3/h5-6,8,14H,2,4,7,9-10H2,1,3H3. The van der Waals surface area contributed by atoms with Crippen molar-refractivity contribution in [1.29, 1.82) is 0 Å². The van der Waals surface area contributed by atoms with Gasteiger partial charge in [-0.2, -0.15) is 0 Å². The van der Waals surface area contributed by atoms with E-state index in [1.165, 1.54) is 16.8 Å². The van der Waals surface area contributed by atoms with Gasteiger partial charge in [-0.05, 0) is 37.9 Å². The summed E-state index contributed by atoms with van der Waals surface area (Å²) >= 11 is 0. The number of pyridine rings is 1. The summed E-state index contributed by atoms with van der Waals surface area (Å²) in [6.07, 6.45) is 3.94. The second-order valence-corrected chi connectivity index (χ2v) is 3.85. The third-order valence-corrected chi connectivity index (χ3v) is 2.39. The van der Waals surface area contributed by atoms with Crippen LogP contribution >= 0.6 is 0 Å². The topological polar surface area (TPSA) is 24.9 Å². The second-order valence-electron chi connectivity index (χ2n) is 3.85. The third-order valence-electron chi connectivity index (χ3n) is 2.39. The molecule has 1 heterocycles. The number of hydrogen-bond acceptors (Lipinski definition) is 2. The summed E-state index contributed by atoms with van der Waals surface area (Å²) < 4.78 is 0. The maximum atomic E-state index is 4.38. The molecule has 0 aromatic carbocycles. The second kappa shape index (κ2) is 6.36. The first-order chi connectivity index (χ1) is 7.24. The average molecular weight is 204 g/mol. The third kappa shape index (κ3) is 4.26. The van der Waals surface area contributed by atoms with E-state index >= 15 is 0 Å². The van der Waals surface area contributed by atoms with Gasteiger partial charge in [-0.1, -0.05) is 18.6 Å². The van der Waals surface area contributed by atoms with Crippen LogP contribution in [0, 0.1) is 0 Å². The van der Waals surface area contributed by atoms with Crippen molar-refractivity contribution in [3.8, 4) is 0 Å². The fraction of sp³-hybridized carbons (Fsp3) is 0.462. The highest BCUT2D eigenvalue weighted by molar-refractivity contribution is 5.19. The summed E-state index contributed by atoms with van der Waals surface area (Å²) in [5, 5.41) is 3.38. The Labute approximate surface area is 92.4 Å². The van der Waals surface area contributed by atoms with Gasteiger partial charge in [0, 0.05) is 12.7 Å². The molecule has 0 spiro atoms. The first-order valence-corrected chi connectivity index (χ1v) is 5.52. The van der Waals surface area contributed by atoms with Crippen LogP contribution in [0.5, 0.6) is 0 Å². The normalized spacial score (nSPS) is 10.3. The number of nitrogens with zero attached hydrogens (tertiary/aromatic N) is 1. The molecule has 1 aromatic heterocycles. The Hall–Kier alpha value is -1.15. The summed E-state index contributed by atoms with van der Waals surface area (Å²) in [5.74, 6) is 0. The molecule has 0 saturated carbocycles. The van der Waals surface area contributed by atoms with Gasteiger partial charge in [0.2, 0.25) is 0 Å². The molecule has 1 rings (SSSR count). The lowest BCUT2D eigenvalue weighted by atomic mass is 10.1. The molecule has 2 nitrogen and oxygen atoms in total. The fourth-order valence-electron chi connectivity index (χ4n) is 1.46. The Morgan fingerprint density at radius 2 is 2.33 bits per heavy atom. The van der Waals surface area contributed by atoms with Crippen molar-refractivity contribution in [3.05, 3.63) is 41.7 Å². The minimum atomic E-state index is 0.858. The van der Waals surface area contributed by atoms with Gasteiger partial charge in [-0.3, -0.25) is 4.98 Å². The largest absolute Gasteiger partial charge is 0.311 e. The number of nitrogens with one attached hydrogen (secondary N) is 1. The summed E-state index contributed by atoms with van der Waals surface area (Å²) in [5.41, 5.74) is 3.72. The Balaban J connectivity index is 2.39. The average Bonchev–Trinajstić information content (AvgIpc) is 2.24. The number of aromatic nitrogens is 1. The first kappa shape index (κ1) is 11.9. The summed E-state index contributed by atoms with van der Waals surface area (Å²) in [7, 11) is 0. The molecule has 82 valence electrons. The zero-order valence-electron chi connectivity index (χ0n) is 9.71. The Kier molecular flexibility index (Phi) is 5.05. The molecule has 15 heavy (non-hydrogen) atoms. The SMILES string of the molecule is C=C(C)CCNCc1ncccc1CC. The highest BCUT2D eigenvalue weighted by Crippen LogP contribution is 2.05. The molecule has 0 unspecified atom stereocenters. The summed E-state index contributed by atoms with van der Waals surface area (Å²) in [6.45, 7) is 9.93. The van der Waals surface area contributed by atoms with E-state index < -0.39 is 0 Å². The van der Waals surface area contributed by atoms with E-state index in [0.29, 0.717) is 0 Å². The van der Waals surface area contributed by atoms with Crippen LogP contribution in [0.4, 0.5) is 0 Å². The first-order valence-electron chi connectivity index (χ1n) is 5.52. The number of hydrogen-bond donors (Lipinski definition) is 1. The van der Waals surface area contributed by atoms with Crippen molar-refractivity contribution in [2.75, 3.05) is 6.54 Å². The van der Waals surface area contributed by atoms with Crippen LogP contribution in [0.25, 0.3) is 0 Å². The Morgan fingerprint density at radius 3 is 3.00 bits per heavy atom. The fourth-order valence-corrected chi connectivity index (χ4v) is 1.46. The Morgan fingerprint density at radius 1 is 1.53 bits per heavy atom. The molecule has 0 radical (unpaired) electrons. The van der Waals surface area contributed by atoms with Crippen LogP contribution in [0.1, 0.15) is 31.5 Å². The van der Waals surface area contributed by atoms with E-state index in [1.807, 2.05) is 12.3 Å². The van der Waals surface area contributed by atoms with Crippen LogP contribution in [0.3, 0.4) is 0 Å². The lowest BCUT2D eigenvalue weighted by Gasteiger charge is -2.07. The van der Waals surface area contributed by atoms with Crippen molar-refractivity contribution in [1.82, 2.24) is 10.3 Å². The smallest absolute Gasteiger partial charge is 0.0573 e. The monoisotopic (exact) mass is 204 g/mol. The van der Waals surface area contributed by atoms with Gasteiger partial charge in [0.25, 0.3) is 0 Å². The molecule has 0 aliphatic rings. The lowest BCUT2D eigenvalue weighted by Crippen LogP contribution is -2.16. The van der Waals surface area contributed by atoms with Gasteiger partial charge in [0.15, 0.2) is 0 Å². The molecule has 1 N–H and O–H groups in total. The molecule has 0 amide bonds. The van der Waals surface area contributed by atoms with E-state index in [0.717, 1.165) is 25.9 Å². The number of rotatable bonds is 6. The molecule has 0 bridgehead atoms. The maximum absolute atomic E-state index is 4.38. The molecule has 0 aliphatic heterocycles. The van der Waals surface area contributed by atoms with Gasteiger partial charge in [0.05, 0.1) is 5.69 Å². The predicted molar refractivity (Wildman–Crippen MR) is 64.8 cm³/mol. The molecule has 0 atom stereocenters. The van der Waals surface area contributed by atoms with E-state index in [4.69, 9.17) is 0 Å². The highest BCUT2D eigenvalue weighted by atomic mass is 14.9. The zero-order chi connectivity index (χ0) is 11.1. The molecule has 0 saturated heterocycles. The predicted octanol–water partition coefficient (Wildman–Crippen LogP) is 2.70. The quantitative estimate of drug-likeness (QED) is 0.569. The molecular formula is C13H20N2. The number of aryl methyl sites for hydroxylation is 1. The van der Waals surface area contributed by atoms with Crippen LogP contribution in [-0.2, 0) is 13.0 Å². The van der Waals surface area contributed by atoms with Crippen molar-refractivity contribution in [3.63, 3.8) is 0 Å². The van der Waals surface area contributed by atoms with Gasteiger partial charge in [-0.25, -0.2) is 0 Å². The van der Waals surface area contributed by atoms with Crippen LogP contribution < -0.4 is 5.32 Å². The molecule has 0 aliphatic carbocycles. The molecular weight excluding hydrogens is 184 g/mol. The van der Waals surface area contributed by atoms with Crippen molar-refractivity contribution in [2.24, 2.45) is 0 Å². The minimum Gasteiger partial charge on any atom is -0.311 e.